The Morgan fingerprint density at radius 3 is 2.63 bits per heavy atom. The Hall–Kier alpha value is -0.0400. The third kappa shape index (κ3) is 3.54. The Balaban J connectivity index is 1.38. The molecule has 3 rings (SSSR count). The van der Waals surface area contributed by atoms with E-state index in [1.165, 1.54) is 51.5 Å². The Morgan fingerprint density at radius 1 is 0.947 bits per heavy atom. The van der Waals surface area contributed by atoms with Gasteiger partial charge in [-0.25, -0.2) is 0 Å². The van der Waals surface area contributed by atoms with E-state index in [4.69, 9.17) is 0 Å². The molecule has 5 atom stereocenters. The van der Waals surface area contributed by atoms with Gasteiger partial charge in [-0.15, -0.1) is 0 Å². The average molecular weight is 263 g/mol. The van der Waals surface area contributed by atoms with Gasteiger partial charge < -0.3 is 5.32 Å². The molecular weight excluding hydrogens is 230 g/mol. The Labute approximate surface area is 119 Å². The molecule has 3 aliphatic carbocycles. The minimum atomic E-state index is 0.848. The Bertz CT molecular complexity index is 275. The zero-order valence-corrected chi connectivity index (χ0v) is 12.9. The molecule has 1 nitrogen and oxygen atoms in total. The molecule has 0 heterocycles. The second-order valence-electron chi connectivity index (χ2n) is 7.70. The summed E-state index contributed by atoms with van der Waals surface area (Å²) in [6, 6.07) is 0.848. The van der Waals surface area contributed by atoms with Crippen LogP contribution in [-0.2, 0) is 0 Å². The van der Waals surface area contributed by atoms with Gasteiger partial charge in [0.05, 0.1) is 0 Å². The predicted molar refractivity (Wildman–Crippen MR) is 82.2 cm³/mol. The average Bonchev–Trinajstić information content (AvgIpc) is 2.96. The molecule has 0 spiro atoms. The second-order valence-corrected chi connectivity index (χ2v) is 7.70. The molecule has 0 aromatic heterocycles. The van der Waals surface area contributed by atoms with E-state index in [0.717, 1.165) is 29.7 Å². The molecule has 0 aliphatic heterocycles. The van der Waals surface area contributed by atoms with E-state index >= 15 is 0 Å². The van der Waals surface area contributed by atoms with E-state index in [1.54, 1.807) is 25.7 Å². The molecule has 3 aliphatic rings. The molecule has 0 amide bonds. The van der Waals surface area contributed by atoms with E-state index in [9.17, 15) is 0 Å². The quantitative estimate of drug-likeness (QED) is 0.705. The van der Waals surface area contributed by atoms with Gasteiger partial charge in [0.25, 0.3) is 0 Å². The maximum Gasteiger partial charge on any atom is 0.00672 e. The van der Waals surface area contributed by atoms with Crippen molar-refractivity contribution in [3.63, 3.8) is 0 Å². The van der Waals surface area contributed by atoms with Crippen molar-refractivity contribution in [3.8, 4) is 0 Å². The van der Waals surface area contributed by atoms with E-state index in [2.05, 4.69) is 12.2 Å². The highest BCUT2D eigenvalue weighted by Crippen LogP contribution is 2.48. The van der Waals surface area contributed by atoms with Crippen LogP contribution in [0.25, 0.3) is 0 Å². The number of nitrogens with one attached hydrogen (secondary N) is 1. The maximum atomic E-state index is 3.95. The van der Waals surface area contributed by atoms with E-state index in [1.807, 2.05) is 0 Å². The lowest BCUT2D eigenvalue weighted by molar-refractivity contribution is 0.298. The van der Waals surface area contributed by atoms with Gasteiger partial charge in [0, 0.05) is 6.04 Å². The van der Waals surface area contributed by atoms with Crippen LogP contribution in [0.3, 0.4) is 0 Å². The zero-order valence-electron chi connectivity index (χ0n) is 12.9. The fourth-order valence-electron chi connectivity index (χ4n) is 5.22. The fraction of sp³-hybridized carbons (Fsp3) is 1.00. The summed E-state index contributed by atoms with van der Waals surface area (Å²) in [4.78, 5) is 0. The van der Waals surface area contributed by atoms with Gasteiger partial charge in [0.2, 0.25) is 0 Å². The second kappa shape index (κ2) is 6.61. The molecule has 19 heavy (non-hydrogen) atoms. The Morgan fingerprint density at radius 2 is 1.89 bits per heavy atom. The highest BCUT2D eigenvalue weighted by Gasteiger charge is 2.39. The smallest absolute Gasteiger partial charge is 0.00672 e. The van der Waals surface area contributed by atoms with Crippen LogP contribution in [0.15, 0.2) is 0 Å². The topological polar surface area (TPSA) is 12.0 Å². The predicted octanol–water partition coefficient (Wildman–Crippen LogP) is 4.76. The van der Waals surface area contributed by atoms with Crippen molar-refractivity contribution in [2.24, 2.45) is 23.7 Å². The van der Waals surface area contributed by atoms with Crippen molar-refractivity contribution in [2.75, 3.05) is 6.54 Å². The normalized spacial score (nSPS) is 42.5. The summed E-state index contributed by atoms with van der Waals surface area (Å²) >= 11 is 0. The van der Waals surface area contributed by atoms with Crippen LogP contribution in [0.5, 0.6) is 0 Å². The molecule has 0 saturated heterocycles. The van der Waals surface area contributed by atoms with Crippen LogP contribution in [0.4, 0.5) is 0 Å². The summed E-state index contributed by atoms with van der Waals surface area (Å²) in [6.45, 7) is 3.68. The monoisotopic (exact) mass is 263 g/mol. The summed E-state index contributed by atoms with van der Waals surface area (Å²) in [5.41, 5.74) is 0. The SMILES string of the molecule is CCCC1CCCC(NCC2CC3CCC2C3)CC1. The minimum Gasteiger partial charge on any atom is -0.314 e. The maximum absolute atomic E-state index is 3.95. The molecule has 3 saturated carbocycles. The first-order chi connectivity index (χ1) is 9.35. The highest BCUT2D eigenvalue weighted by molar-refractivity contribution is 4.91. The lowest BCUT2D eigenvalue weighted by Crippen LogP contribution is -2.34. The largest absolute Gasteiger partial charge is 0.314 e. The van der Waals surface area contributed by atoms with Gasteiger partial charge in [0.1, 0.15) is 0 Å². The molecular formula is C18H33N. The van der Waals surface area contributed by atoms with Crippen LogP contribution in [-0.4, -0.2) is 12.6 Å². The molecule has 2 bridgehead atoms. The van der Waals surface area contributed by atoms with Crippen molar-refractivity contribution in [3.05, 3.63) is 0 Å². The lowest BCUT2D eigenvalue weighted by Gasteiger charge is -2.25. The van der Waals surface area contributed by atoms with E-state index in [0.29, 0.717) is 0 Å². The summed E-state index contributed by atoms with van der Waals surface area (Å²) in [7, 11) is 0. The molecule has 3 fully saturated rings. The van der Waals surface area contributed by atoms with E-state index < -0.39 is 0 Å². The molecule has 5 unspecified atom stereocenters. The van der Waals surface area contributed by atoms with Crippen LogP contribution < -0.4 is 5.32 Å². The summed E-state index contributed by atoms with van der Waals surface area (Å²) in [6.07, 6.45) is 16.4. The first-order valence-corrected chi connectivity index (χ1v) is 9.08. The lowest BCUT2D eigenvalue weighted by atomic mass is 9.88. The van der Waals surface area contributed by atoms with Crippen molar-refractivity contribution in [2.45, 2.75) is 83.6 Å². The van der Waals surface area contributed by atoms with Crippen LogP contribution in [0, 0.1) is 23.7 Å². The molecule has 0 aromatic rings. The third-order valence-electron chi connectivity index (χ3n) is 6.34. The van der Waals surface area contributed by atoms with Gasteiger partial charge >= 0.3 is 0 Å². The van der Waals surface area contributed by atoms with Crippen molar-refractivity contribution < 1.29 is 0 Å². The van der Waals surface area contributed by atoms with Crippen LogP contribution >= 0.6 is 0 Å². The molecule has 1 heteroatoms. The number of hydrogen-bond acceptors (Lipinski definition) is 1. The van der Waals surface area contributed by atoms with Gasteiger partial charge in [-0.2, -0.15) is 0 Å². The van der Waals surface area contributed by atoms with Gasteiger partial charge in [-0.3, -0.25) is 0 Å². The van der Waals surface area contributed by atoms with Gasteiger partial charge in [0.15, 0.2) is 0 Å². The van der Waals surface area contributed by atoms with Crippen LogP contribution in [0.2, 0.25) is 0 Å². The molecule has 0 radical (unpaired) electrons. The van der Waals surface area contributed by atoms with Crippen molar-refractivity contribution in [1.29, 1.82) is 0 Å². The zero-order chi connectivity index (χ0) is 13.1. The summed E-state index contributed by atoms with van der Waals surface area (Å²) in [5.74, 6) is 4.28. The standard InChI is InChI=1S/C18H33N/c1-2-4-14-5-3-6-18(10-8-14)19-13-17-12-15-7-9-16(17)11-15/h14-19H,2-13H2,1H3. The summed E-state index contributed by atoms with van der Waals surface area (Å²) < 4.78 is 0. The number of fused-ring (bicyclic) bond motifs is 2. The highest BCUT2D eigenvalue weighted by atomic mass is 14.9. The third-order valence-corrected chi connectivity index (χ3v) is 6.34. The summed E-state index contributed by atoms with van der Waals surface area (Å²) in [5, 5.41) is 3.95. The van der Waals surface area contributed by atoms with Crippen molar-refractivity contribution >= 4 is 0 Å². The molecule has 110 valence electrons. The fourth-order valence-corrected chi connectivity index (χ4v) is 5.22. The number of hydrogen-bond donors (Lipinski definition) is 1. The first-order valence-electron chi connectivity index (χ1n) is 9.08. The minimum absolute atomic E-state index is 0.848. The van der Waals surface area contributed by atoms with Crippen molar-refractivity contribution in [1.82, 2.24) is 5.32 Å². The number of rotatable bonds is 5. The van der Waals surface area contributed by atoms with Crippen LogP contribution in [0.1, 0.15) is 77.6 Å². The van der Waals surface area contributed by atoms with Gasteiger partial charge in [-0.05, 0) is 68.7 Å². The van der Waals surface area contributed by atoms with E-state index in [-0.39, 0.29) is 0 Å². The van der Waals surface area contributed by atoms with Gasteiger partial charge in [-0.1, -0.05) is 39.0 Å². The molecule has 0 aromatic carbocycles. The first kappa shape index (κ1) is 13.9. The molecule has 1 N–H and O–H groups in total. The Kier molecular flexibility index (Phi) is 4.84.